The van der Waals surface area contributed by atoms with Gasteiger partial charge in [0.1, 0.15) is 11.6 Å². The first-order chi connectivity index (χ1) is 16.9. The highest BCUT2D eigenvalue weighted by Gasteiger charge is 2.22. The zero-order valence-corrected chi connectivity index (χ0v) is 21.1. The zero-order valence-electron chi connectivity index (χ0n) is 19.5. The quantitative estimate of drug-likeness (QED) is 0.298. The number of rotatable bonds is 13. The third kappa shape index (κ3) is 8.98. The lowest BCUT2D eigenvalue weighted by Gasteiger charge is -2.28. The number of hydrogen-bond donors (Lipinski definition) is 0. The number of benzene rings is 2. The Hall–Kier alpha value is -2.94. The molecule has 3 aromatic rings. The van der Waals surface area contributed by atoms with Crippen molar-refractivity contribution in [3.05, 3.63) is 87.3 Å². The van der Waals surface area contributed by atoms with Gasteiger partial charge in [0, 0.05) is 36.7 Å². The van der Waals surface area contributed by atoms with Gasteiger partial charge < -0.3 is 19.3 Å². The van der Waals surface area contributed by atoms with Gasteiger partial charge in [-0.3, -0.25) is 9.59 Å². The van der Waals surface area contributed by atoms with E-state index in [0.29, 0.717) is 43.4 Å². The van der Waals surface area contributed by atoms with Crippen LogP contribution in [0.15, 0.2) is 66.0 Å². The first-order valence-corrected chi connectivity index (χ1v) is 12.4. The zero-order chi connectivity index (χ0) is 25.0. The molecule has 0 saturated carbocycles. The largest absolute Gasteiger partial charge is 0.484 e. The van der Waals surface area contributed by atoms with E-state index in [0.717, 1.165) is 10.4 Å². The van der Waals surface area contributed by atoms with Crippen LogP contribution in [0.3, 0.4) is 0 Å². The van der Waals surface area contributed by atoms with Gasteiger partial charge in [-0.2, -0.15) is 0 Å². The second kappa shape index (κ2) is 13.8. The standard InChI is InChI=1S/C26H28ClFN2O4S/c1-33-14-3-13-29(26(32)19-34-23-11-7-21(27)8-12-23)18-25(31)30(17-24-4-2-15-35-24)16-20-5-9-22(28)10-6-20/h2,4-12,15H,3,13-14,16-19H2,1H3. The first-order valence-electron chi connectivity index (χ1n) is 11.1. The maximum Gasteiger partial charge on any atom is 0.260 e. The topological polar surface area (TPSA) is 59.1 Å². The van der Waals surface area contributed by atoms with Crippen LogP contribution >= 0.6 is 22.9 Å². The summed E-state index contributed by atoms with van der Waals surface area (Å²) in [7, 11) is 1.59. The van der Waals surface area contributed by atoms with Crippen molar-refractivity contribution in [1.29, 1.82) is 0 Å². The molecule has 0 bridgehead atoms. The minimum atomic E-state index is -0.333. The summed E-state index contributed by atoms with van der Waals surface area (Å²) in [4.78, 5) is 30.5. The highest BCUT2D eigenvalue weighted by molar-refractivity contribution is 7.09. The summed E-state index contributed by atoms with van der Waals surface area (Å²) >= 11 is 7.45. The van der Waals surface area contributed by atoms with Crippen LogP contribution < -0.4 is 4.74 Å². The monoisotopic (exact) mass is 518 g/mol. The van der Waals surface area contributed by atoms with E-state index in [2.05, 4.69) is 0 Å². The predicted octanol–water partition coefficient (Wildman–Crippen LogP) is 5.01. The first kappa shape index (κ1) is 26.7. The van der Waals surface area contributed by atoms with Crippen LogP contribution in [0.1, 0.15) is 16.9 Å². The normalized spacial score (nSPS) is 10.7. The molecule has 0 radical (unpaired) electrons. The van der Waals surface area contributed by atoms with E-state index >= 15 is 0 Å². The fourth-order valence-electron chi connectivity index (χ4n) is 3.36. The molecule has 0 atom stereocenters. The molecule has 0 spiro atoms. The van der Waals surface area contributed by atoms with Gasteiger partial charge in [-0.25, -0.2) is 4.39 Å². The Bertz CT molecular complexity index is 1060. The van der Waals surface area contributed by atoms with Crippen LogP contribution in [0.5, 0.6) is 5.75 Å². The van der Waals surface area contributed by atoms with Crippen molar-refractivity contribution in [3.8, 4) is 5.75 Å². The molecule has 1 aromatic heterocycles. The summed E-state index contributed by atoms with van der Waals surface area (Å²) in [6.45, 7) is 1.22. The summed E-state index contributed by atoms with van der Waals surface area (Å²) in [6, 6.07) is 16.7. The van der Waals surface area contributed by atoms with Gasteiger partial charge in [0.05, 0.1) is 13.1 Å². The minimum absolute atomic E-state index is 0.0981. The van der Waals surface area contributed by atoms with Crippen molar-refractivity contribution in [2.75, 3.05) is 33.4 Å². The lowest BCUT2D eigenvalue weighted by molar-refractivity contribution is -0.142. The SMILES string of the molecule is COCCCN(CC(=O)N(Cc1ccc(F)cc1)Cc1cccs1)C(=O)COc1ccc(Cl)cc1. The van der Waals surface area contributed by atoms with Crippen molar-refractivity contribution in [3.63, 3.8) is 0 Å². The van der Waals surface area contributed by atoms with E-state index in [4.69, 9.17) is 21.1 Å². The smallest absolute Gasteiger partial charge is 0.260 e. The minimum Gasteiger partial charge on any atom is -0.484 e. The van der Waals surface area contributed by atoms with E-state index in [1.165, 1.54) is 17.0 Å². The highest BCUT2D eigenvalue weighted by atomic mass is 35.5. The molecule has 6 nitrogen and oxygen atoms in total. The Balaban J connectivity index is 1.69. The molecular weight excluding hydrogens is 491 g/mol. The van der Waals surface area contributed by atoms with Crippen LogP contribution in [-0.2, 0) is 27.4 Å². The van der Waals surface area contributed by atoms with Crippen molar-refractivity contribution in [2.24, 2.45) is 0 Å². The average Bonchev–Trinajstić information content (AvgIpc) is 3.37. The maximum absolute atomic E-state index is 13.4. The number of halogens is 2. The van der Waals surface area contributed by atoms with Gasteiger partial charge >= 0.3 is 0 Å². The molecule has 0 aliphatic heterocycles. The van der Waals surface area contributed by atoms with Crippen molar-refractivity contribution < 1.29 is 23.5 Å². The molecular formula is C26H28ClFN2O4S. The molecule has 2 amide bonds. The van der Waals surface area contributed by atoms with E-state index in [1.54, 1.807) is 59.7 Å². The Labute approximate surface area is 213 Å². The molecule has 0 unspecified atom stereocenters. The second-order valence-electron chi connectivity index (χ2n) is 7.86. The fraction of sp³-hybridized carbons (Fsp3) is 0.308. The molecule has 1 heterocycles. The third-order valence-corrected chi connectivity index (χ3v) is 6.31. The summed E-state index contributed by atoms with van der Waals surface area (Å²) in [5, 5.41) is 2.52. The van der Waals surface area contributed by atoms with Gasteiger partial charge in [0.15, 0.2) is 6.61 Å². The van der Waals surface area contributed by atoms with E-state index < -0.39 is 0 Å². The molecule has 0 fully saturated rings. The predicted molar refractivity (Wildman–Crippen MR) is 135 cm³/mol. The van der Waals surface area contributed by atoms with Crippen LogP contribution in [0.2, 0.25) is 5.02 Å². The Kier molecular flexibility index (Phi) is 10.5. The molecule has 2 aromatic carbocycles. The Morgan fingerprint density at radius 2 is 1.71 bits per heavy atom. The fourth-order valence-corrected chi connectivity index (χ4v) is 4.20. The highest BCUT2D eigenvalue weighted by Crippen LogP contribution is 2.17. The number of thiophene rings is 1. The summed E-state index contributed by atoms with van der Waals surface area (Å²) in [5.74, 6) is -0.329. The van der Waals surface area contributed by atoms with Gasteiger partial charge in [0.2, 0.25) is 5.91 Å². The van der Waals surface area contributed by atoms with E-state index in [-0.39, 0.29) is 30.8 Å². The second-order valence-corrected chi connectivity index (χ2v) is 9.33. The van der Waals surface area contributed by atoms with Crippen LogP contribution in [0.4, 0.5) is 4.39 Å². The number of ether oxygens (including phenoxy) is 2. The Morgan fingerprint density at radius 1 is 0.971 bits per heavy atom. The molecule has 35 heavy (non-hydrogen) atoms. The summed E-state index contributed by atoms with van der Waals surface area (Å²) in [6.07, 6.45) is 0.583. The van der Waals surface area contributed by atoms with Gasteiger partial charge in [0.25, 0.3) is 5.91 Å². The molecule has 0 aliphatic carbocycles. The lowest BCUT2D eigenvalue weighted by Crippen LogP contribution is -2.44. The third-order valence-electron chi connectivity index (χ3n) is 5.20. The van der Waals surface area contributed by atoms with Crippen molar-refractivity contribution in [1.82, 2.24) is 9.80 Å². The number of hydrogen-bond acceptors (Lipinski definition) is 5. The van der Waals surface area contributed by atoms with Crippen LogP contribution in [0, 0.1) is 5.82 Å². The van der Waals surface area contributed by atoms with Gasteiger partial charge in [-0.15, -0.1) is 11.3 Å². The number of methoxy groups -OCH3 is 1. The van der Waals surface area contributed by atoms with Crippen molar-refractivity contribution >= 4 is 34.8 Å². The van der Waals surface area contributed by atoms with E-state index in [1.807, 2.05) is 17.5 Å². The number of carbonyl (C=O) groups is 2. The van der Waals surface area contributed by atoms with Crippen LogP contribution in [0.25, 0.3) is 0 Å². The van der Waals surface area contributed by atoms with Gasteiger partial charge in [-0.05, 0) is 59.8 Å². The Morgan fingerprint density at radius 3 is 2.37 bits per heavy atom. The van der Waals surface area contributed by atoms with Gasteiger partial charge in [-0.1, -0.05) is 29.8 Å². The average molecular weight is 519 g/mol. The molecule has 3 rings (SSSR count). The number of carbonyl (C=O) groups excluding carboxylic acids is 2. The lowest BCUT2D eigenvalue weighted by atomic mass is 10.2. The molecule has 0 aliphatic rings. The van der Waals surface area contributed by atoms with Crippen molar-refractivity contribution in [2.45, 2.75) is 19.5 Å². The maximum atomic E-state index is 13.4. The summed E-state index contributed by atoms with van der Waals surface area (Å²) < 4.78 is 24.1. The summed E-state index contributed by atoms with van der Waals surface area (Å²) in [5.41, 5.74) is 0.805. The molecule has 0 N–H and O–H groups in total. The molecule has 186 valence electrons. The molecule has 9 heteroatoms. The van der Waals surface area contributed by atoms with Crippen LogP contribution in [-0.4, -0.2) is 55.0 Å². The molecule has 0 saturated heterocycles. The number of amides is 2. The number of nitrogens with zero attached hydrogens (tertiary/aromatic N) is 2. The van der Waals surface area contributed by atoms with E-state index in [9.17, 15) is 14.0 Å².